The number of aliphatic hydroxyl groups is 1. The van der Waals surface area contributed by atoms with Gasteiger partial charge in [-0.05, 0) is 67.9 Å². The number of carboxylic acids is 1. The average Bonchev–Trinajstić information content (AvgIpc) is 3.30. The average molecular weight is 451 g/mol. The highest BCUT2D eigenvalue weighted by Crippen LogP contribution is 2.37. The third-order valence-electron chi connectivity index (χ3n) is 7.03. The van der Waals surface area contributed by atoms with Crippen molar-refractivity contribution in [3.8, 4) is 0 Å². The van der Waals surface area contributed by atoms with E-state index >= 15 is 0 Å². The van der Waals surface area contributed by atoms with Crippen LogP contribution in [0.25, 0.3) is 0 Å². The number of carboxylic acid groups (broad SMARTS) is 1. The highest BCUT2D eigenvalue weighted by Gasteiger charge is 2.44. The molecule has 1 heterocycles. The highest BCUT2D eigenvalue weighted by molar-refractivity contribution is 5.99. The first-order valence-corrected chi connectivity index (χ1v) is 11.6. The van der Waals surface area contributed by atoms with Crippen LogP contribution in [-0.2, 0) is 9.59 Å². The maximum absolute atomic E-state index is 13.5. The van der Waals surface area contributed by atoms with E-state index in [1.54, 1.807) is 17.0 Å². The fraction of sp³-hybridized carbons (Fsp3) is 0.423. The molecule has 0 aromatic heterocycles. The molecule has 7 nitrogen and oxygen atoms in total. The van der Waals surface area contributed by atoms with Gasteiger partial charge in [-0.25, -0.2) is 4.79 Å². The van der Waals surface area contributed by atoms with Crippen molar-refractivity contribution in [2.75, 3.05) is 18.5 Å². The van der Waals surface area contributed by atoms with Crippen molar-refractivity contribution in [2.24, 2.45) is 11.8 Å². The minimum absolute atomic E-state index is 0.0196. The predicted octanol–water partition coefficient (Wildman–Crippen LogP) is 3.51. The van der Waals surface area contributed by atoms with Gasteiger partial charge in [0, 0.05) is 30.7 Å². The van der Waals surface area contributed by atoms with Crippen LogP contribution in [0.15, 0.2) is 54.6 Å². The number of carbonyl (C=O) groups excluding carboxylic acids is 2. The molecule has 7 heteroatoms. The van der Waals surface area contributed by atoms with Crippen LogP contribution in [0.1, 0.15) is 53.9 Å². The second kappa shape index (κ2) is 10.2. The summed E-state index contributed by atoms with van der Waals surface area (Å²) in [7, 11) is 0. The van der Waals surface area contributed by atoms with Gasteiger partial charge >= 0.3 is 5.97 Å². The van der Waals surface area contributed by atoms with Gasteiger partial charge in [0.1, 0.15) is 6.04 Å². The van der Waals surface area contributed by atoms with E-state index in [9.17, 15) is 19.5 Å². The number of benzene rings is 2. The SMILES string of the molecule is O=C(O)c1ccc(NC(=O)[C@@H]2[C@H](c3ccccc3)CCN2C(=O)C2CCC(CO)CC2)cc1. The third-order valence-corrected chi connectivity index (χ3v) is 7.03. The molecule has 0 unspecified atom stereocenters. The number of aromatic carboxylic acids is 1. The molecule has 1 saturated carbocycles. The smallest absolute Gasteiger partial charge is 0.335 e. The first-order chi connectivity index (χ1) is 16.0. The van der Waals surface area contributed by atoms with Gasteiger partial charge in [-0.15, -0.1) is 0 Å². The van der Waals surface area contributed by atoms with Gasteiger partial charge in [0.15, 0.2) is 0 Å². The van der Waals surface area contributed by atoms with Gasteiger partial charge in [0.05, 0.1) is 5.56 Å². The van der Waals surface area contributed by atoms with E-state index in [1.807, 2.05) is 30.3 Å². The van der Waals surface area contributed by atoms with Crippen molar-refractivity contribution in [1.82, 2.24) is 4.90 Å². The Kier molecular flexibility index (Phi) is 7.08. The van der Waals surface area contributed by atoms with Gasteiger partial charge in [0.25, 0.3) is 0 Å². The topological polar surface area (TPSA) is 107 Å². The Morgan fingerprint density at radius 2 is 1.58 bits per heavy atom. The normalized spacial score (nSPS) is 24.9. The molecule has 0 spiro atoms. The molecule has 4 rings (SSSR count). The van der Waals surface area contributed by atoms with Crippen LogP contribution in [0, 0.1) is 11.8 Å². The second-order valence-electron chi connectivity index (χ2n) is 9.05. The summed E-state index contributed by atoms with van der Waals surface area (Å²) in [6, 6.07) is 15.2. The van der Waals surface area contributed by atoms with Crippen LogP contribution in [-0.4, -0.2) is 52.1 Å². The van der Waals surface area contributed by atoms with Crippen LogP contribution in [0.5, 0.6) is 0 Å². The quantitative estimate of drug-likeness (QED) is 0.624. The molecule has 2 atom stereocenters. The van der Waals surface area contributed by atoms with Crippen molar-refractivity contribution in [3.05, 3.63) is 65.7 Å². The van der Waals surface area contributed by atoms with E-state index in [1.165, 1.54) is 12.1 Å². The fourth-order valence-corrected chi connectivity index (χ4v) is 5.15. The molecule has 2 aromatic carbocycles. The molecular formula is C26H30N2O5. The Morgan fingerprint density at radius 3 is 2.18 bits per heavy atom. The van der Waals surface area contributed by atoms with Crippen molar-refractivity contribution in [1.29, 1.82) is 0 Å². The van der Waals surface area contributed by atoms with Crippen LogP contribution in [0.4, 0.5) is 5.69 Å². The lowest BCUT2D eigenvalue weighted by Gasteiger charge is -2.33. The molecule has 2 aliphatic rings. The van der Waals surface area contributed by atoms with Gasteiger partial charge < -0.3 is 20.4 Å². The molecule has 1 aliphatic heterocycles. The van der Waals surface area contributed by atoms with Gasteiger partial charge in [-0.1, -0.05) is 30.3 Å². The van der Waals surface area contributed by atoms with E-state index in [-0.39, 0.29) is 41.7 Å². The number of hydrogen-bond donors (Lipinski definition) is 3. The lowest BCUT2D eigenvalue weighted by Crippen LogP contribution is -2.48. The van der Waals surface area contributed by atoms with E-state index < -0.39 is 12.0 Å². The molecular weight excluding hydrogens is 420 g/mol. The molecule has 1 saturated heterocycles. The summed E-state index contributed by atoms with van der Waals surface area (Å²) in [6.45, 7) is 0.681. The molecule has 1 aliphatic carbocycles. The van der Waals surface area contributed by atoms with E-state index in [4.69, 9.17) is 5.11 Å². The summed E-state index contributed by atoms with van der Waals surface area (Å²) in [4.78, 5) is 39.8. The zero-order valence-electron chi connectivity index (χ0n) is 18.5. The molecule has 2 aromatic rings. The van der Waals surface area contributed by atoms with Crippen molar-refractivity contribution in [3.63, 3.8) is 0 Å². The van der Waals surface area contributed by atoms with E-state index in [0.29, 0.717) is 18.7 Å². The molecule has 2 fully saturated rings. The summed E-state index contributed by atoms with van der Waals surface area (Å²) < 4.78 is 0. The number of likely N-dealkylation sites (tertiary alicyclic amines) is 1. The van der Waals surface area contributed by atoms with Crippen LogP contribution < -0.4 is 5.32 Å². The second-order valence-corrected chi connectivity index (χ2v) is 9.05. The summed E-state index contributed by atoms with van der Waals surface area (Å²) >= 11 is 0. The third kappa shape index (κ3) is 5.09. The zero-order valence-corrected chi connectivity index (χ0v) is 18.5. The number of carbonyl (C=O) groups is 3. The summed E-state index contributed by atoms with van der Waals surface area (Å²) in [5.41, 5.74) is 1.67. The fourth-order valence-electron chi connectivity index (χ4n) is 5.15. The molecule has 2 amide bonds. The molecule has 3 N–H and O–H groups in total. The Hall–Kier alpha value is -3.19. The molecule has 33 heavy (non-hydrogen) atoms. The first kappa shape index (κ1) is 23.0. The largest absolute Gasteiger partial charge is 0.478 e. The molecule has 0 radical (unpaired) electrons. The number of nitrogens with one attached hydrogen (secondary N) is 1. The van der Waals surface area contributed by atoms with Crippen LogP contribution in [0.2, 0.25) is 0 Å². The maximum Gasteiger partial charge on any atom is 0.335 e. The number of hydrogen-bond acceptors (Lipinski definition) is 4. The van der Waals surface area contributed by atoms with E-state index in [0.717, 1.165) is 31.2 Å². The summed E-state index contributed by atoms with van der Waals surface area (Å²) in [6.07, 6.45) is 3.84. The van der Waals surface area contributed by atoms with Crippen LogP contribution in [0.3, 0.4) is 0 Å². The summed E-state index contributed by atoms with van der Waals surface area (Å²) in [5, 5.41) is 21.4. The highest BCUT2D eigenvalue weighted by atomic mass is 16.4. The van der Waals surface area contributed by atoms with Gasteiger partial charge in [-0.2, -0.15) is 0 Å². The standard InChI is InChI=1S/C26H30N2O5/c29-16-17-6-8-19(9-7-17)25(31)28-15-14-22(18-4-2-1-3-5-18)23(28)24(30)27-21-12-10-20(11-13-21)26(32)33/h1-5,10-13,17,19,22-23,29H,6-9,14-16H2,(H,27,30)(H,32,33)/t17?,19?,22-,23-/m0/s1. The number of amides is 2. The van der Waals surface area contributed by atoms with Crippen molar-refractivity contribution in [2.45, 2.75) is 44.1 Å². The Morgan fingerprint density at radius 1 is 0.909 bits per heavy atom. The van der Waals surface area contributed by atoms with Crippen molar-refractivity contribution < 1.29 is 24.6 Å². The Balaban J connectivity index is 1.55. The van der Waals surface area contributed by atoms with E-state index in [2.05, 4.69) is 5.32 Å². The zero-order chi connectivity index (χ0) is 23.4. The predicted molar refractivity (Wildman–Crippen MR) is 124 cm³/mol. The summed E-state index contributed by atoms with van der Waals surface area (Å²) in [5.74, 6) is -1.24. The number of aliphatic hydroxyl groups excluding tert-OH is 1. The minimum Gasteiger partial charge on any atom is -0.478 e. The number of nitrogens with zero attached hydrogens (tertiary/aromatic N) is 1. The lowest BCUT2D eigenvalue weighted by molar-refractivity contribution is -0.141. The van der Waals surface area contributed by atoms with Gasteiger partial charge in [0.2, 0.25) is 11.8 Å². The number of anilines is 1. The van der Waals surface area contributed by atoms with Crippen LogP contribution >= 0.6 is 0 Å². The molecule has 0 bridgehead atoms. The first-order valence-electron chi connectivity index (χ1n) is 11.6. The Bertz CT molecular complexity index is 984. The maximum atomic E-state index is 13.5. The minimum atomic E-state index is -1.03. The van der Waals surface area contributed by atoms with Gasteiger partial charge in [-0.3, -0.25) is 9.59 Å². The lowest BCUT2D eigenvalue weighted by atomic mass is 9.81. The Labute approximate surface area is 193 Å². The number of rotatable bonds is 6. The van der Waals surface area contributed by atoms with Crippen molar-refractivity contribution >= 4 is 23.5 Å². The molecule has 174 valence electrons. The monoisotopic (exact) mass is 450 g/mol.